The van der Waals surface area contributed by atoms with Crippen molar-refractivity contribution in [3.8, 4) is 5.88 Å². The fourth-order valence-electron chi connectivity index (χ4n) is 3.68. The van der Waals surface area contributed by atoms with Crippen LogP contribution in [0.5, 0.6) is 5.88 Å². The van der Waals surface area contributed by atoms with Gasteiger partial charge in [-0.1, -0.05) is 25.8 Å². The summed E-state index contributed by atoms with van der Waals surface area (Å²) in [6, 6.07) is 3.83. The van der Waals surface area contributed by atoms with Crippen LogP contribution in [-0.2, 0) is 4.74 Å². The van der Waals surface area contributed by atoms with Crippen LogP contribution < -0.4 is 10.1 Å². The maximum absolute atomic E-state index is 6.16. The summed E-state index contributed by atoms with van der Waals surface area (Å²) in [6.07, 6.45) is 9.62. The van der Waals surface area contributed by atoms with Crippen molar-refractivity contribution < 1.29 is 9.47 Å². The highest BCUT2D eigenvalue weighted by Crippen LogP contribution is 2.39. The summed E-state index contributed by atoms with van der Waals surface area (Å²) in [5.74, 6) is 1.57. The Hall–Kier alpha value is -2.47. The standard InChI is InChI=1S/C21H26N4O2/c1-14(2)18-19(15-7-4-3-5-8-15)24-21(23-16-9-6-10-22-11-16)25-20(18)27-17-12-26-13-17/h6,9-11,15,17H,1,3-5,7-8,12-13H2,2H3,(H,23,24,25). The zero-order valence-electron chi connectivity index (χ0n) is 15.8. The Morgan fingerprint density at radius 1 is 1.22 bits per heavy atom. The molecule has 0 spiro atoms. The van der Waals surface area contributed by atoms with Gasteiger partial charge in [-0.05, 0) is 37.5 Å². The molecule has 1 aliphatic carbocycles. The number of hydrogen-bond acceptors (Lipinski definition) is 6. The molecule has 2 aromatic heterocycles. The molecule has 0 amide bonds. The van der Waals surface area contributed by atoms with E-state index in [4.69, 9.17) is 14.5 Å². The van der Waals surface area contributed by atoms with Crippen LogP contribution in [0, 0.1) is 0 Å². The van der Waals surface area contributed by atoms with E-state index in [2.05, 4.69) is 21.9 Å². The number of pyridine rings is 1. The largest absolute Gasteiger partial charge is 0.469 e. The van der Waals surface area contributed by atoms with Crippen molar-refractivity contribution in [1.29, 1.82) is 0 Å². The predicted octanol–water partition coefficient (Wildman–Crippen LogP) is 4.47. The molecule has 2 aliphatic rings. The fraction of sp³-hybridized carbons (Fsp3) is 0.476. The van der Waals surface area contributed by atoms with Gasteiger partial charge in [0.25, 0.3) is 0 Å². The molecule has 0 atom stereocenters. The van der Waals surface area contributed by atoms with E-state index in [1.165, 1.54) is 19.3 Å². The Labute approximate surface area is 160 Å². The minimum Gasteiger partial charge on any atom is -0.469 e. The number of aromatic nitrogens is 3. The molecule has 0 radical (unpaired) electrons. The Morgan fingerprint density at radius 3 is 2.67 bits per heavy atom. The van der Waals surface area contributed by atoms with Crippen LogP contribution in [0.25, 0.3) is 5.57 Å². The third-order valence-corrected chi connectivity index (χ3v) is 5.13. The molecule has 2 aromatic rings. The van der Waals surface area contributed by atoms with Crippen molar-refractivity contribution >= 4 is 17.2 Å². The molecule has 1 N–H and O–H groups in total. The second-order valence-corrected chi connectivity index (χ2v) is 7.37. The number of hydrogen-bond donors (Lipinski definition) is 1. The summed E-state index contributed by atoms with van der Waals surface area (Å²) in [5, 5.41) is 3.27. The monoisotopic (exact) mass is 366 g/mol. The first-order valence-electron chi connectivity index (χ1n) is 9.70. The second-order valence-electron chi connectivity index (χ2n) is 7.37. The van der Waals surface area contributed by atoms with Crippen LogP contribution in [-0.4, -0.2) is 34.3 Å². The lowest BCUT2D eigenvalue weighted by Crippen LogP contribution is -2.39. The van der Waals surface area contributed by atoms with Gasteiger partial charge in [0.15, 0.2) is 0 Å². The summed E-state index contributed by atoms with van der Waals surface area (Å²) >= 11 is 0. The molecule has 2 fully saturated rings. The van der Waals surface area contributed by atoms with E-state index in [0.29, 0.717) is 31.0 Å². The van der Waals surface area contributed by atoms with Crippen molar-refractivity contribution in [3.05, 3.63) is 42.4 Å². The summed E-state index contributed by atoms with van der Waals surface area (Å²) in [5.41, 5.74) is 3.82. The van der Waals surface area contributed by atoms with Gasteiger partial charge in [-0.2, -0.15) is 4.98 Å². The molecule has 0 aromatic carbocycles. The highest BCUT2D eigenvalue weighted by atomic mass is 16.6. The zero-order valence-corrected chi connectivity index (χ0v) is 15.8. The van der Waals surface area contributed by atoms with Gasteiger partial charge in [-0.25, -0.2) is 4.98 Å². The molecule has 0 bridgehead atoms. The van der Waals surface area contributed by atoms with Crippen molar-refractivity contribution in [2.45, 2.75) is 51.0 Å². The van der Waals surface area contributed by atoms with Gasteiger partial charge in [-0.3, -0.25) is 4.98 Å². The summed E-state index contributed by atoms with van der Waals surface area (Å²) in [6.45, 7) is 7.39. The normalized spacial score (nSPS) is 18.0. The first-order valence-corrected chi connectivity index (χ1v) is 9.70. The number of ether oxygens (including phenoxy) is 2. The average Bonchev–Trinajstić information content (AvgIpc) is 2.65. The highest BCUT2D eigenvalue weighted by Gasteiger charge is 2.28. The number of nitrogens with zero attached hydrogens (tertiary/aromatic N) is 3. The zero-order chi connectivity index (χ0) is 18.6. The third kappa shape index (κ3) is 4.11. The summed E-state index contributed by atoms with van der Waals surface area (Å²) < 4.78 is 11.4. The first-order chi connectivity index (χ1) is 13.2. The van der Waals surface area contributed by atoms with Gasteiger partial charge in [0, 0.05) is 12.1 Å². The number of allylic oxidation sites excluding steroid dienone is 1. The molecule has 1 saturated heterocycles. The van der Waals surface area contributed by atoms with Crippen molar-refractivity contribution in [1.82, 2.24) is 15.0 Å². The van der Waals surface area contributed by atoms with E-state index < -0.39 is 0 Å². The van der Waals surface area contributed by atoms with Gasteiger partial charge in [0.2, 0.25) is 11.8 Å². The minimum atomic E-state index is 0.0449. The average molecular weight is 366 g/mol. The van der Waals surface area contributed by atoms with E-state index in [9.17, 15) is 0 Å². The summed E-state index contributed by atoms with van der Waals surface area (Å²) in [7, 11) is 0. The van der Waals surface area contributed by atoms with Crippen LogP contribution in [0.1, 0.15) is 56.2 Å². The SMILES string of the molecule is C=C(C)c1c(OC2COC2)nc(Nc2cccnc2)nc1C1CCCCC1. The molecule has 0 unspecified atom stereocenters. The van der Waals surface area contributed by atoms with Gasteiger partial charge in [0.1, 0.15) is 6.10 Å². The van der Waals surface area contributed by atoms with Crippen molar-refractivity contribution in [3.63, 3.8) is 0 Å². The predicted molar refractivity (Wildman–Crippen MR) is 105 cm³/mol. The Balaban J connectivity index is 1.74. The smallest absolute Gasteiger partial charge is 0.230 e. The molecule has 1 aliphatic heterocycles. The van der Waals surface area contributed by atoms with E-state index in [1.807, 2.05) is 19.1 Å². The first kappa shape index (κ1) is 17.9. The molecule has 6 heteroatoms. The molecule has 142 valence electrons. The second kappa shape index (κ2) is 8.05. The highest BCUT2D eigenvalue weighted by molar-refractivity contribution is 5.69. The van der Waals surface area contributed by atoms with E-state index in [-0.39, 0.29) is 6.10 Å². The van der Waals surface area contributed by atoms with Gasteiger partial charge in [0.05, 0.1) is 36.4 Å². The molecule has 6 nitrogen and oxygen atoms in total. The third-order valence-electron chi connectivity index (χ3n) is 5.13. The van der Waals surface area contributed by atoms with E-state index >= 15 is 0 Å². The van der Waals surface area contributed by atoms with Gasteiger partial charge in [-0.15, -0.1) is 0 Å². The molecule has 4 rings (SSSR count). The van der Waals surface area contributed by atoms with Crippen LogP contribution in [0.4, 0.5) is 11.6 Å². The molecular weight excluding hydrogens is 340 g/mol. The van der Waals surface area contributed by atoms with E-state index in [1.54, 1.807) is 12.4 Å². The Morgan fingerprint density at radius 2 is 2.04 bits per heavy atom. The Bertz CT molecular complexity index is 799. The van der Waals surface area contributed by atoms with Crippen LogP contribution in [0.15, 0.2) is 31.1 Å². The minimum absolute atomic E-state index is 0.0449. The number of anilines is 2. The Kier molecular flexibility index (Phi) is 5.34. The summed E-state index contributed by atoms with van der Waals surface area (Å²) in [4.78, 5) is 13.7. The molecule has 27 heavy (non-hydrogen) atoms. The van der Waals surface area contributed by atoms with Crippen molar-refractivity contribution in [2.75, 3.05) is 18.5 Å². The van der Waals surface area contributed by atoms with Gasteiger partial charge < -0.3 is 14.8 Å². The fourth-order valence-corrected chi connectivity index (χ4v) is 3.68. The molecule has 3 heterocycles. The lowest BCUT2D eigenvalue weighted by Gasteiger charge is -2.29. The maximum Gasteiger partial charge on any atom is 0.230 e. The van der Waals surface area contributed by atoms with Crippen LogP contribution in [0.2, 0.25) is 0 Å². The molecular formula is C21H26N4O2. The van der Waals surface area contributed by atoms with Crippen LogP contribution in [0.3, 0.4) is 0 Å². The topological polar surface area (TPSA) is 69.2 Å². The maximum atomic E-state index is 6.16. The number of nitrogens with one attached hydrogen (secondary N) is 1. The molecule has 1 saturated carbocycles. The van der Waals surface area contributed by atoms with Crippen LogP contribution >= 0.6 is 0 Å². The van der Waals surface area contributed by atoms with Gasteiger partial charge >= 0.3 is 0 Å². The number of rotatable bonds is 6. The quantitative estimate of drug-likeness (QED) is 0.813. The van der Waals surface area contributed by atoms with E-state index in [0.717, 1.165) is 35.4 Å². The lowest BCUT2D eigenvalue weighted by atomic mass is 9.84. The lowest BCUT2D eigenvalue weighted by molar-refractivity contribution is -0.0814. The van der Waals surface area contributed by atoms with Crippen molar-refractivity contribution in [2.24, 2.45) is 0 Å².